The molecule has 0 radical (unpaired) electrons. The molecule has 1 atom stereocenters. The predicted octanol–water partition coefficient (Wildman–Crippen LogP) is 0.924. The Morgan fingerprint density at radius 2 is 2.55 bits per heavy atom. The van der Waals surface area contributed by atoms with Crippen LogP contribution in [0.25, 0.3) is 0 Å². The van der Waals surface area contributed by atoms with Crippen LogP contribution in [0.3, 0.4) is 0 Å². The molecule has 0 spiro atoms. The van der Waals surface area contributed by atoms with Crippen molar-refractivity contribution in [3.8, 4) is 0 Å². The number of halogens is 1. The number of carbonyl (C=O) groups is 1. The number of ether oxygens (including phenoxy) is 1. The van der Waals surface area contributed by atoms with Gasteiger partial charge in [0.1, 0.15) is 0 Å². The molecule has 1 rings (SSSR count). The maximum atomic E-state index is 10.6. The highest BCUT2D eigenvalue weighted by Crippen LogP contribution is 2.24. The van der Waals surface area contributed by atoms with Crippen molar-refractivity contribution in [2.24, 2.45) is 0 Å². The lowest BCUT2D eigenvalue weighted by molar-refractivity contribution is -0.124. The first-order valence-electron chi connectivity index (χ1n) is 3.07. The second-order valence-corrected chi connectivity index (χ2v) is 2.93. The SMILES string of the molecule is COC1(C=O)NC=CC=C1Br. The summed E-state index contributed by atoms with van der Waals surface area (Å²) >= 11 is 3.22. The molecule has 1 aliphatic rings. The fourth-order valence-corrected chi connectivity index (χ4v) is 1.31. The van der Waals surface area contributed by atoms with Crippen LogP contribution >= 0.6 is 15.9 Å². The normalized spacial score (nSPS) is 29.1. The van der Waals surface area contributed by atoms with Gasteiger partial charge in [-0.15, -0.1) is 0 Å². The third-order valence-electron chi connectivity index (χ3n) is 1.48. The van der Waals surface area contributed by atoms with Crippen LogP contribution in [-0.2, 0) is 9.53 Å². The Bertz CT molecular complexity index is 224. The van der Waals surface area contributed by atoms with Crippen molar-refractivity contribution >= 4 is 22.2 Å². The largest absolute Gasteiger partial charge is 0.354 e. The van der Waals surface area contributed by atoms with E-state index in [0.29, 0.717) is 10.8 Å². The van der Waals surface area contributed by atoms with Gasteiger partial charge in [0.15, 0.2) is 6.29 Å². The van der Waals surface area contributed by atoms with E-state index in [2.05, 4.69) is 21.2 Å². The summed E-state index contributed by atoms with van der Waals surface area (Å²) in [5.41, 5.74) is -1.02. The van der Waals surface area contributed by atoms with E-state index in [4.69, 9.17) is 4.74 Å². The lowest BCUT2D eigenvalue weighted by Gasteiger charge is -2.28. The zero-order chi connectivity index (χ0) is 8.32. The smallest absolute Gasteiger partial charge is 0.228 e. The minimum absolute atomic E-state index is 0.671. The van der Waals surface area contributed by atoms with Crippen LogP contribution in [0, 0.1) is 0 Å². The first kappa shape index (κ1) is 8.49. The highest BCUT2D eigenvalue weighted by molar-refractivity contribution is 9.11. The molecule has 0 aromatic rings. The van der Waals surface area contributed by atoms with Gasteiger partial charge in [0.05, 0.1) is 4.48 Å². The average Bonchev–Trinajstić information content (AvgIpc) is 2.06. The molecule has 0 amide bonds. The fourth-order valence-electron chi connectivity index (χ4n) is 0.792. The number of rotatable bonds is 2. The molecule has 0 aromatic heterocycles. The molecule has 1 heterocycles. The fraction of sp³-hybridized carbons (Fsp3) is 0.286. The van der Waals surface area contributed by atoms with E-state index in [9.17, 15) is 4.79 Å². The van der Waals surface area contributed by atoms with E-state index in [1.54, 1.807) is 18.4 Å². The molecule has 3 nitrogen and oxygen atoms in total. The van der Waals surface area contributed by atoms with Crippen LogP contribution in [0.5, 0.6) is 0 Å². The van der Waals surface area contributed by atoms with Gasteiger partial charge < -0.3 is 10.1 Å². The molecular weight excluding hydrogens is 210 g/mol. The van der Waals surface area contributed by atoms with Gasteiger partial charge in [0.25, 0.3) is 0 Å². The van der Waals surface area contributed by atoms with E-state index in [-0.39, 0.29) is 0 Å². The van der Waals surface area contributed by atoms with Crippen LogP contribution < -0.4 is 5.32 Å². The summed E-state index contributed by atoms with van der Waals surface area (Å²) in [7, 11) is 1.47. The van der Waals surface area contributed by atoms with Crippen molar-refractivity contribution < 1.29 is 9.53 Å². The van der Waals surface area contributed by atoms with Crippen molar-refractivity contribution in [2.45, 2.75) is 5.72 Å². The lowest BCUT2D eigenvalue weighted by atomic mass is 10.2. The zero-order valence-corrected chi connectivity index (χ0v) is 7.59. The molecular formula is C7H8BrNO2. The van der Waals surface area contributed by atoms with Gasteiger partial charge in [0.2, 0.25) is 5.72 Å². The van der Waals surface area contributed by atoms with Gasteiger partial charge in [-0.1, -0.05) is 0 Å². The predicted molar refractivity (Wildman–Crippen MR) is 45.1 cm³/mol. The van der Waals surface area contributed by atoms with Crippen molar-refractivity contribution in [1.82, 2.24) is 5.32 Å². The van der Waals surface area contributed by atoms with Gasteiger partial charge in [-0.05, 0) is 34.3 Å². The van der Waals surface area contributed by atoms with Crippen LogP contribution in [-0.4, -0.2) is 19.1 Å². The molecule has 60 valence electrons. The first-order chi connectivity index (χ1) is 5.25. The Labute approximate surface area is 73.2 Å². The Kier molecular flexibility index (Phi) is 2.46. The second-order valence-electron chi connectivity index (χ2n) is 2.08. The number of carbonyl (C=O) groups excluding carboxylic acids is 1. The van der Waals surface area contributed by atoms with Crippen LogP contribution in [0.2, 0.25) is 0 Å². The molecule has 1 N–H and O–H groups in total. The second kappa shape index (κ2) is 3.19. The van der Waals surface area contributed by atoms with Crippen LogP contribution in [0.4, 0.5) is 0 Å². The molecule has 0 aliphatic carbocycles. The maximum absolute atomic E-state index is 10.6. The lowest BCUT2D eigenvalue weighted by Crippen LogP contribution is -2.47. The summed E-state index contributed by atoms with van der Waals surface area (Å²) in [4.78, 5) is 10.6. The molecule has 0 bridgehead atoms. The number of nitrogens with one attached hydrogen (secondary N) is 1. The number of hydrogen-bond donors (Lipinski definition) is 1. The molecule has 1 unspecified atom stereocenters. The number of hydrogen-bond acceptors (Lipinski definition) is 3. The molecule has 0 saturated carbocycles. The summed E-state index contributed by atoms with van der Waals surface area (Å²) in [5, 5.41) is 2.80. The topological polar surface area (TPSA) is 38.3 Å². The van der Waals surface area contributed by atoms with Gasteiger partial charge in [-0.2, -0.15) is 0 Å². The molecule has 0 saturated heterocycles. The Hall–Kier alpha value is -0.610. The highest BCUT2D eigenvalue weighted by atomic mass is 79.9. The third kappa shape index (κ3) is 1.36. The number of dihydropyridines is 1. The van der Waals surface area contributed by atoms with Crippen molar-refractivity contribution in [3.63, 3.8) is 0 Å². The number of allylic oxidation sites excluding steroid dienone is 2. The molecule has 4 heteroatoms. The minimum atomic E-state index is -1.02. The average molecular weight is 218 g/mol. The van der Waals surface area contributed by atoms with E-state index < -0.39 is 5.72 Å². The summed E-state index contributed by atoms with van der Waals surface area (Å²) in [6.45, 7) is 0. The summed E-state index contributed by atoms with van der Waals surface area (Å²) < 4.78 is 5.67. The Morgan fingerprint density at radius 1 is 1.82 bits per heavy atom. The highest BCUT2D eigenvalue weighted by Gasteiger charge is 2.32. The maximum Gasteiger partial charge on any atom is 0.228 e. The molecule has 1 aliphatic heterocycles. The van der Waals surface area contributed by atoms with Gasteiger partial charge in [-0.25, -0.2) is 0 Å². The van der Waals surface area contributed by atoms with E-state index in [1.807, 2.05) is 0 Å². The minimum Gasteiger partial charge on any atom is -0.354 e. The van der Waals surface area contributed by atoms with Crippen LogP contribution in [0.15, 0.2) is 22.8 Å². The Balaban J connectivity index is 2.93. The van der Waals surface area contributed by atoms with Gasteiger partial charge in [0, 0.05) is 7.11 Å². The van der Waals surface area contributed by atoms with Crippen molar-refractivity contribution in [2.75, 3.05) is 7.11 Å². The van der Waals surface area contributed by atoms with E-state index in [0.717, 1.165) is 0 Å². The molecule has 11 heavy (non-hydrogen) atoms. The van der Waals surface area contributed by atoms with E-state index >= 15 is 0 Å². The number of methoxy groups -OCH3 is 1. The molecule has 0 aromatic carbocycles. The zero-order valence-electron chi connectivity index (χ0n) is 6.00. The van der Waals surface area contributed by atoms with Gasteiger partial charge >= 0.3 is 0 Å². The van der Waals surface area contributed by atoms with Crippen LogP contribution in [0.1, 0.15) is 0 Å². The summed E-state index contributed by atoms with van der Waals surface area (Å²) in [5.74, 6) is 0. The van der Waals surface area contributed by atoms with E-state index in [1.165, 1.54) is 7.11 Å². The quantitative estimate of drug-likeness (QED) is 0.700. The third-order valence-corrected chi connectivity index (χ3v) is 2.33. The summed E-state index contributed by atoms with van der Waals surface area (Å²) in [6, 6.07) is 0. The first-order valence-corrected chi connectivity index (χ1v) is 3.86. The molecule has 0 fully saturated rings. The van der Waals surface area contributed by atoms with Crippen molar-refractivity contribution in [3.05, 3.63) is 22.8 Å². The Morgan fingerprint density at radius 3 is 2.91 bits per heavy atom. The number of aldehydes is 1. The monoisotopic (exact) mass is 217 g/mol. The summed E-state index contributed by atoms with van der Waals surface area (Å²) in [6.07, 6.45) is 5.90. The standard InChI is InChI=1S/C7H8BrNO2/c1-11-7(5-10)6(8)3-2-4-9-7/h2-5,9H,1H3. The van der Waals surface area contributed by atoms with Gasteiger partial charge in [-0.3, -0.25) is 4.79 Å². The van der Waals surface area contributed by atoms with Crippen molar-refractivity contribution in [1.29, 1.82) is 0 Å².